The highest BCUT2D eigenvalue weighted by Crippen LogP contribution is 2.26. The van der Waals surface area contributed by atoms with Crippen LogP contribution < -0.4 is 0 Å². The lowest BCUT2D eigenvalue weighted by Gasteiger charge is -2.28. The molecule has 2 aromatic rings. The van der Waals surface area contributed by atoms with Crippen molar-refractivity contribution in [2.24, 2.45) is 0 Å². The van der Waals surface area contributed by atoms with Gasteiger partial charge in [0.1, 0.15) is 5.60 Å². The van der Waals surface area contributed by atoms with Gasteiger partial charge in [0.15, 0.2) is 0 Å². The minimum atomic E-state index is -0.452. The van der Waals surface area contributed by atoms with E-state index in [-0.39, 0.29) is 12.1 Å². The zero-order valence-corrected chi connectivity index (χ0v) is 13.4. The molecule has 0 bridgehead atoms. The zero-order valence-electron chi connectivity index (χ0n) is 13.4. The predicted octanol–water partition coefficient (Wildman–Crippen LogP) is 3.50. The number of pyridine rings is 1. The Balaban J connectivity index is 1.75. The number of nitrogens with one attached hydrogen (secondary N) is 1. The van der Waals surface area contributed by atoms with Gasteiger partial charge in [0, 0.05) is 25.0 Å². The third kappa shape index (κ3) is 3.08. The van der Waals surface area contributed by atoms with Gasteiger partial charge in [-0.05, 0) is 57.7 Å². The fraction of sp³-hybridized carbons (Fsp3) is 0.529. The highest BCUT2D eigenvalue weighted by Gasteiger charge is 2.32. The molecule has 5 nitrogen and oxygen atoms in total. The first-order valence-electron chi connectivity index (χ1n) is 7.84. The van der Waals surface area contributed by atoms with E-state index in [4.69, 9.17) is 4.74 Å². The van der Waals surface area contributed by atoms with E-state index in [1.807, 2.05) is 44.0 Å². The maximum atomic E-state index is 12.3. The van der Waals surface area contributed by atoms with Crippen LogP contribution in [0.3, 0.4) is 0 Å². The molecule has 5 heteroatoms. The monoisotopic (exact) mass is 301 g/mol. The number of H-pyrrole nitrogens is 1. The number of aromatic amines is 1. The lowest BCUT2D eigenvalue weighted by Crippen LogP contribution is -2.40. The summed E-state index contributed by atoms with van der Waals surface area (Å²) < 4.78 is 5.52. The quantitative estimate of drug-likeness (QED) is 0.923. The predicted molar refractivity (Wildman–Crippen MR) is 85.8 cm³/mol. The van der Waals surface area contributed by atoms with Crippen LogP contribution in [0, 0.1) is 0 Å². The van der Waals surface area contributed by atoms with Crippen molar-refractivity contribution in [3.8, 4) is 0 Å². The molecule has 1 saturated heterocycles. The van der Waals surface area contributed by atoms with Gasteiger partial charge in [-0.25, -0.2) is 4.79 Å². The second-order valence-electron chi connectivity index (χ2n) is 6.89. The summed E-state index contributed by atoms with van der Waals surface area (Å²) in [5, 5.41) is 0. The van der Waals surface area contributed by atoms with Gasteiger partial charge in [-0.2, -0.15) is 0 Å². The number of carbonyl (C=O) groups excluding carboxylic acids is 1. The molecule has 0 saturated carbocycles. The number of fused-ring (bicyclic) bond motifs is 1. The van der Waals surface area contributed by atoms with Crippen LogP contribution in [-0.2, 0) is 11.2 Å². The van der Waals surface area contributed by atoms with Crippen molar-refractivity contribution in [2.45, 2.75) is 51.7 Å². The fourth-order valence-electron chi connectivity index (χ4n) is 3.03. The standard InChI is InChI=1S/C17H23N3O2/c1-17(2,3)22-16(21)20-9-5-6-13(20)10-12-11-19-14-7-4-8-18-15(12)14/h4,7-8,11,13,19H,5-6,9-10H2,1-3H3. The Hall–Kier alpha value is -2.04. The number of likely N-dealkylation sites (tertiary alicyclic amines) is 1. The van der Waals surface area contributed by atoms with Gasteiger partial charge in [-0.3, -0.25) is 4.98 Å². The van der Waals surface area contributed by atoms with Crippen LogP contribution in [0.1, 0.15) is 39.2 Å². The van der Waals surface area contributed by atoms with Crippen LogP contribution >= 0.6 is 0 Å². The van der Waals surface area contributed by atoms with E-state index in [2.05, 4.69) is 9.97 Å². The molecule has 0 radical (unpaired) electrons. The van der Waals surface area contributed by atoms with Gasteiger partial charge in [-0.15, -0.1) is 0 Å². The largest absolute Gasteiger partial charge is 0.444 e. The molecule has 1 unspecified atom stereocenters. The summed E-state index contributed by atoms with van der Waals surface area (Å²) in [6.45, 7) is 6.48. The topological polar surface area (TPSA) is 58.2 Å². The van der Waals surface area contributed by atoms with Gasteiger partial charge in [0.2, 0.25) is 0 Å². The molecular formula is C17H23N3O2. The molecular weight excluding hydrogens is 278 g/mol. The van der Waals surface area contributed by atoms with E-state index in [1.165, 1.54) is 0 Å². The SMILES string of the molecule is CC(C)(C)OC(=O)N1CCCC1Cc1c[nH]c2cccnc12. The second-order valence-corrected chi connectivity index (χ2v) is 6.89. The Morgan fingerprint density at radius 3 is 3.09 bits per heavy atom. The normalized spacial score (nSPS) is 18.9. The lowest BCUT2D eigenvalue weighted by molar-refractivity contribution is 0.0227. The van der Waals surface area contributed by atoms with Gasteiger partial charge < -0.3 is 14.6 Å². The highest BCUT2D eigenvalue weighted by atomic mass is 16.6. The fourth-order valence-corrected chi connectivity index (χ4v) is 3.03. The molecule has 118 valence electrons. The maximum absolute atomic E-state index is 12.3. The van der Waals surface area contributed by atoms with Gasteiger partial charge in [-0.1, -0.05) is 0 Å². The van der Waals surface area contributed by atoms with Crippen LogP contribution in [0.25, 0.3) is 11.0 Å². The number of ether oxygens (including phenoxy) is 1. The number of rotatable bonds is 2. The highest BCUT2D eigenvalue weighted by molar-refractivity contribution is 5.78. The van der Waals surface area contributed by atoms with Crippen LogP contribution in [-0.4, -0.2) is 39.1 Å². The number of nitrogens with zero attached hydrogens (tertiary/aromatic N) is 2. The van der Waals surface area contributed by atoms with Crippen molar-refractivity contribution >= 4 is 17.1 Å². The Labute approximate surface area is 130 Å². The summed E-state index contributed by atoms with van der Waals surface area (Å²) in [7, 11) is 0. The molecule has 0 spiro atoms. The molecule has 3 rings (SSSR count). The Kier molecular flexibility index (Phi) is 3.81. The van der Waals surface area contributed by atoms with Crippen LogP contribution in [0.4, 0.5) is 4.79 Å². The van der Waals surface area contributed by atoms with Crippen LogP contribution in [0.2, 0.25) is 0 Å². The Morgan fingerprint density at radius 2 is 2.32 bits per heavy atom. The third-order valence-corrected chi connectivity index (χ3v) is 3.97. The molecule has 3 heterocycles. The second kappa shape index (κ2) is 5.63. The molecule has 1 aliphatic heterocycles. The molecule has 1 amide bonds. The number of hydrogen-bond acceptors (Lipinski definition) is 3. The number of amides is 1. The van der Waals surface area contributed by atoms with Crippen LogP contribution in [0.5, 0.6) is 0 Å². The van der Waals surface area contributed by atoms with Gasteiger partial charge in [0.25, 0.3) is 0 Å². The average molecular weight is 301 g/mol. The lowest BCUT2D eigenvalue weighted by atomic mass is 10.1. The smallest absolute Gasteiger partial charge is 0.410 e. The summed E-state index contributed by atoms with van der Waals surface area (Å²) in [6.07, 6.45) is 6.46. The first kappa shape index (κ1) is 14.9. The van der Waals surface area contributed by atoms with Crippen molar-refractivity contribution in [3.63, 3.8) is 0 Å². The molecule has 2 aromatic heterocycles. The molecule has 1 N–H and O–H groups in total. The Bertz CT molecular complexity index is 672. The van der Waals surface area contributed by atoms with E-state index < -0.39 is 5.60 Å². The molecule has 1 fully saturated rings. The number of aromatic nitrogens is 2. The van der Waals surface area contributed by atoms with Crippen molar-refractivity contribution < 1.29 is 9.53 Å². The van der Waals surface area contributed by atoms with Gasteiger partial charge in [0.05, 0.1) is 11.0 Å². The van der Waals surface area contributed by atoms with Crippen LogP contribution in [0.15, 0.2) is 24.5 Å². The summed E-state index contributed by atoms with van der Waals surface area (Å²) in [5.74, 6) is 0. The van der Waals surface area contributed by atoms with E-state index in [1.54, 1.807) is 6.20 Å². The summed E-state index contributed by atoms with van der Waals surface area (Å²) >= 11 is 0. The van der Waals surface area contributed by atoms with Crippen molar-refractivity contribution in [2.75, 3.05) is 6.54 Å². The minimum absolute atomic E-state index is 0.191. The van der Waals surface area contributed by atoms with E-state index in [0.29, 0.717) is 0 Å². The maximum Gasteiger partial charge on any atom is 0.410 e. The van der Waals surface area contributed by atoms with E-state index in [9.17, 15) is 4.79 Å². The number of carbonyl (C=O) groups is 1. The van der Waals surface area contributed by atoms with Crippen molar-refractivity contribution in [1.29, 1.82) is 0 Å². The van der Waals surface area contributed by atoms with Gasteiger partial charge >= 0.3 is 6.09 Å². The molecule has 1 aliphatic rings. The molecule has 1 atom stereocenters. The summed E-state index contributed by atoms with van der Waals surface area (Å²) in [4.78, 5) is 21.9. The summed E-state index contributed by atoms with van der Waals surface area (Å²) in [6, 6.07) is 4.13. The van der Waals surface area contributed by atoms with E-state index in [0.717, 1.165) is 42.4 Å². The minimum Gasteiger partial charge on any atom is -0.444 e. The first-order chi connectivity index (χ1) is 10.4. The third-order valence-electron chi connectivity index (χ3n) is 3.97. The van der Waals surface area contributed by atoms with E-state index >= 15 is 0 Å². The zero-order chi connectivity index (χ0) is 15.7. The molecule has 0 aliphatic carbocycles. The van der Waals surface area contributed by atoms with Crippen molar-refractivity contribution in [1.82, 2.24) is 14.9 Å². The summed E-state index contributed by atoms with van der Waals surface area (Å²) in [5.41, 5.74) is 2.75. The van der Waals surface area contributed by atoms with Crippen molar-refractivity contribution in [3.05, 3.63) is 30.1 Å². The number of hydrogen-bond donors (Lipinski definition) is 1. The first-order valence-corrected chi connectivity index (χ1v) is 7.84. The average Bonchev–Trinajstić information content (AvgIpc) is 3.05. The molecule has 0 aromatic carbocycles. The Morgan fingerprint density at radius 1 is 1.50 bits per heavy atom. The molecule has 22 heavy (non-hydrogen) atoms.